The number of hydrogen-bond acceptors (Lipinski definition) is 4. The number of benzene rings is 1. The molecule has 1 aromatic rings. The van der Waals surface area contributed by atoms with Crippen molar-refractivity contribution in [3.8, 4) is 0 Å². The number of alkyl carbamates (subject to hydrolysis) is 1. The molecule has 2 rings (SSSR count). The van der Waals surface area contributed by atoms with Gasteiger partial charge in [0.05, 0.1) is 6.61 Å². The number of amides is 1. The fraction of sp³-hybridized carbons (Fsp3) is 0.619. The van der Waals surface area contributed by atoms with Crippen molar-refractivity contribution in [2.75, 3.05) is 13.2 Å². The summed E-state index contributed by atoms with van der Waals surface area (Å²) in [5.41, 5.74) is 3.41. The average Bonchev–Trinajstić information content (AvgIpc) is 2.56. The smallest absolute Gasteiger partial charge is 0.407 e. The minimum atomic E-state index is -0.469. The van der Waals surface area contributed by atoms with Crippen molar-refractivity contribution in [1.82, 2.24) is 5.32 Å². The number of nitrogens with one attached hydrogen (secondary N) is 1. The quantitative estimate of drug-likeness (QED) is 0.783. The minimum absolute atomic E-state index is 0.140. The first-order valence-electron chi connectivity index (χ1n) is 9.50. The highest BCUT2D eigenvalue weighted by atomic mass is 16.6. The molecule has 1 aliphatic rings. The predicted molar refractivity (Wildman–Crippen MR) is 101 cm³/mol. The van der Waals surface area contributed by atoms with Crippen LogP contribution in [0.3, 0.4) is 0 Å². The summed E-state index contributed by atoms with van der Waals surface area (Å²) in [4.78, 5) is 23.3. The van der Waals surface area contributed by atoms with Gasteiger partial charge in [0.1, 0.15) is 5.60 Å². The van der Waals surface area contributed by atoms with Crippen LogP contribution in [-0.2, 0) is 33.5 Å². The molecule has 1 unspecified atom stereocenters. The van der Waals surface area contributed by atoms with Crippen molar-refractivity contribution in [1.29, 1.82) is 0 Å². The maximum atomic E-state index is 11.8. The highest BCUT2D eigenvalue weighted by Gasteiger charge is 2.21. The van der Waals surface area contributed by atoms with Gasteiger partial charge in [-0.25, -0.2) is 4.79 Å². The van der Waals surface area contributed by atoms with Crippen LogP contribution in [0.5, 0.6) is 0 Å². The van der Waals surface area contributed by atoms with Crippen LogP contribution in [0.25, 0.3) is 0 Å². The lowest BCUT2D eigenvalue weighted by Crippen LogP contribution is -2.36. The van der Waals surface area contributed by atoms with E-state index in [-0.39, 0.29) is 12.1 Å². The SMILES string of the molecule is CCOC(=O)CCc1ccc2c(c1)CCC(CNC(=O)OC(C)(C)C)C2. The molecule has 0 aromatic heterocycles. The van der Waals surface area contributed by atoms with Gasteiger partial charge in [0.2, 0.25) is 0 Å². The maximum Gasteiger partial charge on any atom is 0.407 e. The van der Waals surface area contributed by atoms with E-state index in [1.54, 1.807) is 0 Å². The third-order valence-corrected chi connectivity index (χ3v) is 4.46. The Bertz CT molecular complexity index is 633. The van der Waals surface area contributed by atoms with Crippen molar-refractivity contribution in [2.45, 2.75) is 65.4 Å². The molecule has 26 heavy (non-hydrogen) atoms. The fourth-order valence-corrected chi connectivity index (χ4v) is 3.23. The molecule has 5 heteroatoms. The highest BCUT2D eigenvalue weighted by Crippen LogP contribution is 2.26. The van der Waals surface area contributed by atoms with Gasteiger partial charge in [0.25, 0.3) is 0 Å². The Kier molecular flexibility index (Phi) is 7.06. The van der Waals surface area contributed by atoms with E-state index in [1.165, 1.54) is 16.7 Å². The van der Waals surface area contributed by atoms with Crippen LogP contribution in [0.1, 0.15) is 57.2 Å². The second-order valence-electron chi connectivity index (χ2n) is 7.90. The molecule has 0 saturated heterocycles. The summed E-state index contributed by atoms with van der Waals surface area (Å²) in [5.74, 6) is 0.291. The molecule has 0 bridgehead atoms. The van der Waals surface area contributed by atoms with Gasteiger partial charge in [0, 0.05) is 13.0 Å². The first-order valence-corrected chi connectivity index (χ1v) is 9.50. The summed E-state index contributed by atoms with van der Waals surface area (Å²) >= 11 is 0. The highest BCUT2D eigenvalue weighted by molar-refractivity contribution is 5.69. The third-order valence-electron chi connectivity index (χ3n) is 4.46. The fourth-order valence-electron chi connectivity index (χ4n) is 3.23. The van der Waals surface area contributed by atoms with Gasteiger partial charge < -0.3 is 14.8 Å². The molecule has 0 spiro atoms. The van der Waals surface area contributed by atoms with Crippen LogP contribution in [0.2, 0.25) is 0 Å². The summed E-state index contributed by atoms with van der Waals surface area (Å²) in [6.45, 7) is 8.49. The van der Waals surface area contributed by atoms with Gasteiger partial charge >= 0.3 is 12.1 Å². The second-order valence-corrected chi connectivity index (χ2v) is 7.90. The van der Waals surface area contributed by atoms with E-state index in [0.29, 0.717) is 25.5 Å². The van der Waals surface area contributed by atoms with Crippen molar-refractivity contribution >= 4 is 12.1 Å². The van der Waals surface area contributed by atoms with Crippen molar-refractivity contribution < 1.29 is 19.1 Å². The molecule has 1 aromatic carbocycles. The Morgan fingerprint density at radius 1 is 1.23 bits per heavy atom. The summed E-state index contributed by atoms with van der Waals surface area (Å²) in [6.07, 6.45) is 3.80. The molecular formula is C21H31NO4. The molecule has 0 aliphatic heterocycles. The van der Waals surface area contributed by atoms with Gasteiger partial charge in [-0.2, -0.15) is 0 Å². The number of hydrogen-bond donors (Lipinski definition) is 1. The van der Waals surface area contributed by atoms with E-state index in [1.807, 2.05) is 27.7 Å². The van der Waals surface area contributed by atoms with E-state index < -0.39 is 5.60 Å². The normalized spacial score (nSPS) is 16.5. The Morgan fingerprint density at radius 3 is 2.69 bits per heavy atom. The lowest BCUT2D eigenvalue weighted by molar-refractivity contribution is -0.143. The van der Waals surface area contributed by atoms with E-state index in [0.717, 1.165) is 25.7 Å². The second kappa shape index (κ2) is 9.06. The van der Waals surface area contributed by atoms with E-state index in [2.05, 4.69) is 23.5 Å². The molecule has 1 N–H and O–H groups in total. The van der Waals surface area contributed by atoms with Crippen molar-refractivity contribution in [3.63, 3.8) is 0 Å². The van der Waals surface area contributed by atoms with Crippen LogP contribution in [0.4, 0.5) is 4.79 Å². The Morgan fingerprint density at radius 2 is 2.00 bits per heavy atom. The van der Waals surface area contributed by atoms with Crippen molar-refractivity contribution in [3.05, 3.63) is 34.9 Å². The van der Waals surface area contributed by atoms with E-state index in [9.17, 15) is 9.59 Å². The third kappa shape index (κ3) is 6.70. The Hall–Kier alpha value is -2.04. The zero-order valence-electron chi connectivity index (χ0n) is 16.4. The zero-order valence-corrected chi connectivity index (χ0v) is 16.4. The first-order chi connectivity index (χ1) is 12.3. The van der Waals surface area contributed by atoms with Gasteiger partial charge in [-0.1, -0.05) is 18.2 Å². The minimum Gasteiger partial charge on any atom is -0.466 e. The molecule has 0 radical (unpaired) electrons. The van der Waals surface area contributed by atoms with Gasteiger partial charge in [-0.3, -0.25) is 4.79 Å². The van der Waals surface area contributed by atoms with E-state index >= 15 is 0 Å². The van der Waals surface area contributed by atoms with Crippen LogP contribution < -0.4 is 5.32 Å². The number of carbonyl (C=O) groups excluding carboxylic acids is 2. The van der Waals surface area contributed by atoms with Crippen LogP contribution >= 0.6 is 0 Å². The molecule has 5 nitrogen and oxygen atoms in total. The number of ether oxygens (including phenoxy) is 2. The monoisotopic (exact) mass is 361 g/mol. The molecule has 0 saturated carbocycles. The number of carbonyl (C=O) groups is 2. The Balaban J connectivity index is 1.83. The molecule has 0 fully saturated rings. The van der Waals surface area contributed by atoms with Crippen LogP contribution in [-0.4, -0.2) is 30.8 Å². The standard InChI is InChI=1S/C21H31NO4/c1-5-25-19(23)11-8-15-6-9-18-13-16(7-10-17(18)12-15)14-22-20(24)26-21(2,3)4/h6,9,12,16H,5,7-8,10-11,13-14H2,1-4H3,(H,22,24). The first kappa shape index (κ1) is 20.3. The van der Waals surface area contributed by atoms with Crippen molar-refractivity contribution in [2.24, 2.45) is 5.92 Å². The molecule has 1 atom stereocenters. The summed E-state index contributed by atoms with van der Waals surface area (Å²) in [6, 6.07) is 6.48. The topological polar surface area (TPSA) is 64.6 Å². The summed E-state index contributed by atoms with van der Waals surface area (Å²) < 4.78 is 10.3. The summed E-state index contributed by atoms with van der Waals surface area (Å²) in [5, 5.41) is 2.88. The van der Waals surface area contributed by atoms with Gasteiger partial charge in [0.15, 0.2) is 0 Å². The molecular weight excluding hydrogens is 330 g/mol. The molecule has 1 aliphatic carbocycles. The number of aryl methyl sites for hydroxylation is 2. The summed E-state index contributed by atoms with van der Waals surface area (Å²) in [7, 11) is 0. The largest absolute Gasteiger partial charge is 0.466 e. The van der Waals surface area contributed by atoms with E-state index in [4.69, 9.17) is 9.47 Å². The lowest BCUT2D eigenvalue weighted by atomic mass is 9.83. The lowest BCUT2D eigenvalue weighted by Gasteiger charge is -2.26. The zero-order chi connectivity index (χ0) is 19.2. The average molecular weight is 361 g/mol. The number of fused-ring (bicyclic) bond motifs is 1. The molecule has 0 heterocycles. The predicted octanol–water partition coefficient (Wildman–Crippen LogP) is 3.81. The molecule has 1 amide bonds. The van der Waals surface area contributed by atoms with Crippen LogP contribution in [0, 0.1) is 5.92 Å². The number of esters is 1. The molecule has 144 valence electrons. The van der Waals surface area contributed by atoms with Crippen LogP contribution in [0.15, 0.2) is 18.2 Å². The maximum absolute atomic E-state index is 11.8. The number of rotatable bonds is 6. The van der Waals surface area contributed by atoms with Gasteiger partial charge in [-0.05, 0) is 76.0 Å². The van der Waals surface area contributed by atoms with Gasteiger partial charge in [-0.15, -0.1) is 0 Å². The Labute approximate surface area is 156 Å².